The number of nitrogens with zero attached hydrogens (tertiary/aromatic N) is 5. The van der Waals surface area contributed by atoms with E-state index in [1.165, 1.54) is 0 Å². The molecule has 3 aromatic rings. The monoisotopic (exact) mass is 383 g/mol. The number of urea groups is 1. The van der Waals surface area contributed by atoms with Gasteiger partial charge in [0.05, 0.1) is 5.69 Å². The van der Waals surface area contributed by atoms with E-state index >= 15 is 0 Å². The summed E-state index contributed by atoms with van der Waals surface area (Å²) >= 11 is 0. The summed E-state index contributed by atoms with van der Waals surface area (Å²) in [6, 6.07) is 7.03. The number of aromatic nitrogens is 5. The SMILES string of the molecule is Cn1nc(-c2ccccn2)cc1NC(=O)NCCc1noc([C@H]2CCCO2)n1. The van der Waals surface area contributed by atoms with Gasteiger partial charge in [0.1, 0.15) is 17.6 Å². The van der Waals surface area contributed by atoms with Gasteiger partial charge in [-0.2, -0.15) is 10.1 Å². The van der Waals surface area contributed by atoms with Crippen LogP contribution in [0.25, 0.3) is 11.4 Å². The first-order valence-electron chi connectivity index (χ1n) is 9.13. The Bertz CT molecular complexity index is 932. The first-order valence-corrected chi connectivity index (χ1v) is 9.13. The van der Waals surface area contributed by atoms with Crippen LogP contribution in [0.5, 0.6) is 0 Å². The quantitative estimate of drug-likeness (QED) is 0.668. The summed E-state index contributed by atoms with van der Waals surface area (Å²) in [5.41, 5.74) is 1.43. The number of hydrogen-bond donors (Lipinski definition) is 2. The van der Waals surface area contributed by atoms with E-state index in [2.05, 4.69) is 30.9 Å². The van der Waals surface area contributed by atoms with Crippen molar-refractivity contribution in [2.24, 2.45) is 7.05 Å². The van der Waals surface area contributed by atoms with Crippen LogP contribution in [0.15, 0.2) is 35.0 Å². The molecule has 0 saturated carbocycles. The lowest BCUT2D eigenvalue weighted by atomic mass is 10.2. The standard InChI is InChI=1S/C18H21N7O3/c1-25-16(11-13(23-25)12-5-2-3-8-19-12)22-18(26)20-9-7-15-21-17(28-24-15)14-6-4-10-27-14/h2-3,5,8,11,14H,4,6-7,9-10H2,1H3,(H2,20,22,26)/t14-/m1/s1. The number of ether oxygens (including phenoxy) is 1. The molecule has 0 unspecified atom stereocenters. The highest BCUT2D eigenvalue weighted by atomic mass is 16.5. The molecule has 2 amide bonds. The fourth-order valence-corrected chi connectivity index (χ4v) is 2.94. The largest absolute Gasteiger partial charge is 0.368 e. The number of carbonyl (C=O) groups is 1. The van der Waals surface area contributed by atoms with Gasteiger partial charge >= 0.3 is 6.03 Å². The van der Waals surface area contributed by atoms with Gasteiger partial charge in [-0.1, -0.05) is 11.2 Å². The summed E-state index contributed by atoms with van der Waals surface area (Å²) in [6.45, 7) is 1.10. The predicted molar refractivity (Wildman–Crippen MR) is 99.4 cm³/mol. The van der Waals surface area contributed by atoms with Crippen molar-refractivity contribution in [1.82, 2.24) is 30.2 Å². The normalized spacial score (nSPS) is 16.2. The first-order chi connectivity index (χ1) is 13.7. The third-order valence-corrected chi connectivity index (χ3v) is 4.37. The molecular formula is C18H21N7O3. The van der Waals surface area contributed by atoms with Gasteiger partial charge in [0.2, 0.25) is 0 Å². The van der Waals surface area contributed by atoms with Gasteiger partial charge in [0.15, 0.2) is 5.82 Å². The van der Waals surface area contributed by atoms with E-state index in [9.17, 15) is 4.79 Å². The van der Waals surface area contributed by atoms with Gasteiger partial charge in [-0.25, -0.2) is 4.79 Å². The van der Waals surface area contributed by atoms with Crippen LogP contribution in [-0.4, -0.2) is 44.1 Å². The highest BCUT2D eigenvalue weighted by Gasteiger charge is 2.23. The smallest absolute Gasteiger partial charge is 0.320 e. The third-order valence-electron chi connectivity index (χ3n) is 4.37. The Kier molecular flexibility index (Phi) is 5.29. The molecule has 2 N–H and O–H groups in total. The number of pyridine rings is 1. The Hall–Kier alpha value is -3.27. The van der Waals surface area contributed by atoms with Crippen molar-refractivity contribution >= 4 is 11.8 Å². The number of hydrogen-bond acceptors (Lipinski definition) is 7. The van der Waals surface area contributed by atoms with Crippen LogP contribution < -0.4 is 10.6 Å². The van der Waals surface area contributed by atoms with Gasteiger partial charge in [-0.3, -0.25) is 15.0 Å². The van der Waals surface area contributed by atoms with E-state index in [0.717, 1.165) is 25.1 Å². The molecule has 146 valence electrons. The second kappa shape index (κ2) is 8.17. The Balaban J connectivity index is 1.27. The van der Waals surface area contributed by atoms with Crippen molar-refractivity contribution < 1.29 is 14.1 Å². The summed E-state index contributed by atoms with van der Waals surface area (Å²) in [7, 11) is 1.76. The highest BCUT2D eigenvalue weighted by molar-refractivity contribution is 5.88. The molecule has 1 aliphatic rings. The molecule has 4 heterocycles. The summed E-state index contributed by atoms with van der Waals surface area (Å²) in [6.07, 6.45) is 3.96. The van der Waals surface area contributed by atoms with E-state index < -0.39 is 0 Å². The first kappa shape index (κ1) is 18.1. The number of carbonyl (C=O) groups excluding carboxylic acids is 1. The number of rotatable bonds is 6. The van der Waals surface area contributed by atoms with E-state index in [1.54, 1.807) is 24.0 Å². The molecule has 28 heavy (non-hydrogen) atoms. The van der Waals surface area contributed by atoms with Crippen LogP contribution >= 0.6 is 0 Å². The molecule has 0 aliphatic carbocycles. The summed E-state index contributed by atoms with van der Waals surface area (Å²) in [4.78, 5) is 20.7. The lowest BCUT2D eigenvalue weighted by Gasteiger charge is -2.06. The molecule has 0 aromatic carbocycles. The molecule has 10 heteroatoms. The summed E-state index contributed by atoms with van der Waals surface area (Å²) < 4.78 is 12.3. The number of anilines is 1. The maximum Gasteiger partial charge on any atom is 0.320 e. The van der Waals surface area contributed by atoms with Crippen LogP contribution in [-0.2, 0) is 18.2 Å². The van der Waals surface area contributed by atoms with E-state index in [1.807, 2.05) is 18.2 Å². The summed E-state index contributed by atoms with van der Waals surface area (Å²) in [5, 5.41) is 13.9. The van der Waals surface area contributed by atoms with Crippen molar-refractivity contribution in [2.45, 2.75) is 25.4 Å². The molecule has 0 spiro atoms. The van der Waals surface area contributed by atoms with Crippen molar-refractivity contribution in [3.05, 3.63) is 42.2 Å². The molecule has 1 fully saturated rings. The van der Waals surface area contributed by atoms with Crippen LogP contribution in [0.4, 0.5) is 10.6 Å². The Morgan fingerprint density at radius 2 is 2.29 bits per heavy atom. The molecular weight excluding hydrogens is 362 g/mol. The minimum atomic E-state index is -0.335. The molecule has 4 rings (SSSR count). The molecule has 3 aromatic heterocycles. The van der Waals surface area contributed by atoms with E-state index in [4.69, 9.17) is 9.26 Å². The maximum atomic E-state index is 12.2. The highest BCUT2D eigenvalue weighted by Crippen LogP contribution is 2.26. The Labute approximate surface area is 161 Å². The minimum Gasteiger partial charge on any atom is -0.368 e. The van der Waals surface area contributed by atoms with Gasteiger partial charge in [-0.15, -0.1) is 0 Å². The van der Waals surface area contributed by atoms with Crippen molar-refractivity contribution in [1.29, 1.82) is 0 Å². The van der Waals surface area contributed by atoms with Crippen molar-refractivity contribution in [2.75, 3.05) is 18.5 Å². The zero-order valence-corrected chi connectivity index (χ0v) is 15.5. The number of aryl methyl sites for hydroxylation is 1. The van der Waals surface area contributed by atoms with Gasteiger partial charge in [0, 0.05) is 38.9 Å². The number of amides is 2. The van der Waals surface area contributed by atoms with Crippen LogP contribution in [0, 0.1) is 0 Å². The molecule has 0 bridgehead atoms. The Morgan fingerprint density at radius 3 is 3.07 bits per heavy atom. The molecule has 10 nitrogen and oxygen atoms in total. The van der Waals surface area contributed by atoms with Crippen LogP contribution in [0.3, 0.4) is 0 Å². The van der Waals surface area contributed by atoms with Gasteiger partial charge < -0.3 is 14.6 Å². The average molecular weight is 383 g/mol. The topological polar surface area (TPSA) is 120 Å². The minimum absolute atomic E-state index is 0.101. The zero-order valence-electron chi connectivity index (χ0n) is 15.5. The van der Waals surface area contributed by atoms with Gasteiger partial charge in [0.25, 0.3) is 5.89 Å². The average Bonchev–Trinajstić information content (AvgIpc) is 3.44. The fourth-order valence-electron chi connectivity index (χ4n) is 2.94. The van der Waals surface area contributed by atoms with Gasteiger partial charge in [-0.05, 0) is 25.0 Å². The zero-order chi connectivity index (χ0) is 19.3. The van der Waals surface area contributed by atoms with Crippen LogP contribution in [0.2, 0.25) is 0 Å². The second-order valence-electron chi connectivity index (χ2n) is 6.43. The molecule has 1 aliphatic heterocycles. The summed E-state index contributed by atoms with van der Waals surface area (Å²) in [5.74, 6) is 1.62. The van der Waals surface area contributed by atoms with E-state index in [0.29, 0.717) is 36.2 Å². The van der Waals surface area contributed by atoms with Crippen molar-refractivity contribution in [3.63, 3.8) is 0 Å². The van der Waals surface area contributed by atoms with Crippen molar-refractivity contribution in [3.8, 4) is 11.4 Å². The predicted octanol–water partition coefficient (Wildman–Crippen LogP) is 2.08. The molecule has 1 atom stereocenters. The fraction of sp³-hybridized carbons (Fsp3) is 0.389. The lowest BCUT2D eigenvalue weighted by molar-refractivity contribution is 0.0835. The third kappa shape index (κ3) is 4.17. The molecule has 1 saturated heterocycles. The Morgan fingerprint density at radius 1 is 1.36 bits per heavy atom. The maximum absolute atomic E-state index is 12.2. The van der Waals surface area contributed by atoms with E-state index in [-0.39, 0.29) is 12.1 Å². The van der Waals surface area contributed by atoms with Crippen LogP contribution in [0.1, 0.15) is 30.7 Å². The lowest BCUT2D eigenvalue weighted by Crippen LogP contribution is -2.31. The molecule has 0 radical (unpaired) electrons. The number of nitrogens with one attached hydrogen (secondary N) is 2. The second-order valence-corrected chi connectivity index (χ2v) is 6.43.